The summed E-state index contributed by atoms with van der Waals surface area (Å²) in [5.41, 5.74) is 7.13. The molecule has 0 aliphatic carbocycles. The molecule has 2 atom stereocenters. The Morgan fingerprint density at radius 2 is 2.20 bits per heavy atom. The maximum atomic E-state index is 6.17. The van der Waals surface area contributed by atoms with Crippen LogP contribution in [-0.4, -0.2) is 18.8 Å². The van der Waals surface area contributed by atoms with E-state index in [1.165, 1.54) is 0 Å². The van der Waals surface area contributed by atoms with E-state index in [9.17, 15) is 0 Å². The van der Waals surface area contributed by atoms with Gasteiger partial charge in [-0.3, -0.25) is 0 Å². The summed E-state index contributed by atoms with van der Waals surface area (Å²) in [5.74, 6) is 0.932. The molecular formula is C12H15NO2. The third-order valence-corrected chi connectivity index (χ3v) is 3.30. The van der Waals surface area contributed by atoms with Gasteiger partial charge in [0.25, 0.3) is 0 Å². The van der Waals surface area contributed by atoms with Gasteiger partial charge in [-0.15, -0.1) is 0 Å². The van der Waals surface area contributed by atoms with Crippen LogP contribution in [0, 0.1) is 0 Å². The molecule has 1 unspecified atom stereocenters. The molecule has 1 aromatic rings. The van der Waals surface area contributed by atoms with Crippen molar-refractivity contribution in [2.24, 2.45) is 5.73 Å². The van der Waals surface area contributed by atoms with Crippen molar-refractivity contribution in [3.63, 3.8) is 0 Å². The van der Waals surface area contributed by atoms with Crippen LogP contribution in [0.4, 0.5) is 0 Å². The van der Waals surface area contributed by atoms with E-state index in [4.69, 9.17) is 15.2 Å². The highest BCUT2D eigenvalue weighted by atomic mass is 16.6. The zero-order chi connectivity index (χ0) is 10.3. The van der Waals surface area contributed by atoms with Gasteiger partial charge in [0.1, 0.15) is 11.4 Å². The Kier molecular flexibility index (Phi) is 1.97. The molecule has 3 heteroatoms. The van der Waals surface area contributed by atoms with Gasteiger partial charge in [0.2, 0.25) is 0 Å². The average molecular weight is 205 g/mol. The predicted octanol–water partition coefficient (Wildman–Crippen LogP) is 1.63. The quantitative estimate of drug-likeness (QED) is 0.700. The molecule has 2 heterocycles. The van der Waals surface area contributed by atoms with Crippen LogP contribution in [0.15, 0.2) is 24.3 Å². The molecule has 1 saturated heterocycles. The maximum Gasteiger partial charge on any atom is 0.136 e. The molecular weight excluding hydrogens is 190 g/mol. The lowest BCUT2D eigenvalue weighted by atomic mass is 9.87. The molecule has 1 spiro atoms. The summed E-state index contributed by atoms with van der Waals surface area (Å²) < 4.78 is 11.5. The van der Waals surface area contributed by atoms with Crippen LogP contribution in [0.2, 0.25) is 0 Å². The number of ether oxygens (including phenoxy) is 2. The lowest BCUT2D eigenvalue weighted by molar-refractivity contribution is 0.0235. The van der Waals surface area contributed by atoms with Crippen LogP contribution >= 0.6 is 0 Å². The number of rotatable bonds is 0. The zero-order valence-electron chi connectivity index (χ0n) is 8.61. The molecule has 3 nitrogen and oxygen atoms in total. The molecule has 0 bridgehead atoms. The molecule has 15 heavy (non-hydrogen) atoms. The molecule has 2 aliphatic heterocycles. The second-order valence-electron chi connectivity index (χ2n) is 4.44. The van der Waals surface area contributed by atoms with E-state index in [0.717, 1.165) is 30.8 Å². The first-order valence-electron chi connectivity index (χ1n) is 5.40. The summed E-state index contributed by atoms with van der Waals surface area (Å²) in [6, 6.07) is 8.11. The van der Waals surface area contributed by atoms with Gasteiger partial charge < -0.3 is 15.2 Å². The molecule has 1 aromatic carbocycles. The Morgan fingerprint density at radius 3 is 3.00 bits per heavy atom. The van der Waals surface area contributed by atoms with Crippen molar-refractivity contribution >= 4 is 0 Å². The van der Waals surface area contributed by atoms with Gasteiger partial charge >= 0.3 is 0 Å². The van der Waals surface area contributed by atoms with Gasteiger partial charge in [-0.1, -0.05) is 18.2 Å². The highest BCUT2D eigenvalue weighted by molar-refractivity contribution is 5.38. The number of fused-ring (bicyclic) bond motifs is 1. The second kappa shape index (κ2) is 3.22. The fourth-order valence-electron chi connectivity index (χ4n) is 2.50. The van der Waals surface area contributed by atoms with Crippen LogP contribution in [0.25, 0.3) is 0 Å². The lowest BCUT2D eigenvalue weighted by Crippen LogP contribution is -2.43. The van der Waals surface area contributed by atoms with E-state index < -0.39 is 0 Å². The van der Waals surface area contributed by atoms with Crippen molar-refractivity contribution in [2.45, 2.75) is 24.5 Å². The zero-order valence-corrected chi connectivity index (χ0v) is 8.61. The summed E-state index contributed by atoms with van der Waals surface area (Å²) in [6.45, 7) is 1.46. The Bertz CT molecular complexity index is 372. The third-order valence-electron chi connectivity index (χ3n) is 3.30. The van der Waals surface area contributed by atoms with Crippen LogP contribution in [-0.2, 0) is 4.74 Å². The van der Waals surface area contributed by atoms with Gasteiger partial charge in [-0.05, 0) is 6.07 Å². The fraction of sp³-hybridized carbons (Fsp3) is 0.500. The highest BCUT2D eigenvalue weighted by Crippen LogP contribution is 2.41. The third kappa shape index (κ3) is 1.43. The van der Waals surface area contributed by atoms with Crippen molar-refractivity contribution in [2.75, 3.05) is 13.2 Å². The number of para-hydroxylation sites is 1. The van der Waals surface area contributed by atoms with Gasteiger partial charge in [0, 0.05) is 24.4 Å². The summed E-state index contributed by atoms with van der Waals surface area (Å²) in [6.07, 6.45) is 1.82. The summed E-state index contributed by atoms with van der Waals surface area (Å²) >= 11 is 0. The summed E-state index contributed by atoms with van der Waals surface area (Å²) in [4.78, 5) is 0. The lowest BCUT2D eigenvalue weighted by Gasteiger charge is -2.37. The molecule has 1 fully saturated rings. The first kappa shape index (κ1) is 9.19. The topological polar surface area (TPSA) is 44.5 Å². The van der Waals surface area contributed by atoms with Crippen molar-refractivity contribution in [1.82, 2.24) is 0 Å². The normalized spacial score (nSPS) is 33.8. The van der Waals surface area contributed by atoms with Gasteiger partial charge in [0.05, 0.1) is 13.2 Å². The van der Waals surface area contributed by atoms with Crippen LogP contribution < -0.4 is 10.5 Å². The van der Waals surface area contributed by atoms with Crippen molar-refractivity contribution < 1.29 is 9.47 Å². The Morgan fingerprint density at radius 1 is 1.33 bits per heavy atom. The van der Waals surface area contributed by atoms with E-state index in [0.29, 0.717) is 6.61 Å². The van der Waals surface area contributed by atoms with Gasteiger partial charge in [-0.25, -0.2) is 0 Å². The van der Waals surface area contributed by atoms with E-state index in [1.54, 1.807) is 0 Å². The van der Waals surface area contributed by atoms with Crippen LogP contribution in [0.5, 0.6) is 5.75 Å². The van der Waals surface area contributed by atoms with E-state index in [1.807, 2.05) is 24.3 Å². The first-order valence-corrected chi connectivity index (χ1v) is 5.40. The highest BCUT2D eigenvalue weighted by Gasteiger charge is 2.42. The smallest absolute Gasteiger partial charge is 0.136 e. The standard InChI is InChI=1S/C12H15NO2/c13-10-7-12(5-6-14-8-12)15-11-4-2-1-3-9(10)11/h1-4,10H,5-8,13H2/t10-,12?/m1/s1. The molecule has 3 rings (SSSR count). The Labute approximate surface area is 89.2 Å². The number of hydrogen-bond donors (Lipinski definition) is 1. The van der Waals surface area contributed by atoms with Crippen LogP contribution in [0.1, 0.15) is 24.4 Å². The van der Waals surface area contributed by atoms with Gasteiger partial charge in [-0.2, -0.15) is 0 Å². The van der Waals surface area contributed by atoms with E-state index in [2.05, 4.69) is 0 Å². The molecule has 2 N–H and O–H groups in total. The fourth-order valence-corrected chi connectivity index (χ4v) is 2.50. The Hall–Kier alpha value is -1.06. The molecule has 0 radical (unpaired) electrons. The average Bonchev–Trinajstić information content (AvgIpc) is 2.66. The van der Waals surface area contributed by atoms with Crippen molar-refractivity contribution in [3.8, 4) is 5.75 Å². The van der Waals surface area contributed by atoms with E-state index in [-0.39, 0.29) is 11.6 Å². The molecule has 0 amide bonds. The Balaban J connectivity index is 1.98. The SMILES string of the molecule is N[C@@H]1CC2(CCOC2)Oc2ccccc21. The number of benzene rings is 1. The minimum atomic E-state index is -0.159. The van der Waals surface area contributed by atoms with Crippen LogP contribution in [0.3, 0.4) is 0 Å². The largest absolute Gasteiger partial charge is 0.484 e. The predicted molar refractivity (Wildman–Crippen MR) is 56.8 cm³/mol. The number of nitrogens with two attached hydrogens (primary N) is 1. The minimum Gasteiger partial charge on any atom is -0.484 e. The van der Waals surface area contributed by atoms with E-state index >= 15 is 0 Å². The van der Waals surface area contributed by atoms with Crippen molar-refractivity contribution in [3.05, 3.63) is 29.8 Å². The molecule has 0 aromatic heterocycles. The monoisotopic (exact) mass is 205 g/mol. The van der Waals surface area contributed by atoms with Crippen molar-refractivity contribution in [1.29, 1.82) is 0 Å². The van der Waals surface area contributed by atoms with Gasteiger partial charge in [0.15, 0.2) is 0 Å². The molecule has 0 saturated carbocycles. The first-order chi connectivity index (χ1) is 7.29. The summed E-state index contributed by atoms with van der Waals surface area (Å²) in [5, 5.41) is 0. The summed E-state index contributed by atoms with van der Waals surface area (Å²) in [7, 11) is 0. The minimum absolute atomic E-state index is 0.0802. The molecule has 2 aliphatic rings. The maximum absolute atomic E-state index is 6.17. The molecule has 80 valence electrons. The second-order valence-corrected chi connectivity index (χ2v) is 4.44. The number of hydrogen-bond acceptors (Lipinski definition) is 3.